The van der Waals surface area contributed by atoms with E-state index in [1.54, 1.807) is 0 Å². The zero-order valence-electron chi connectivity index (χ0n) is 11.4. The number of nitrogens with zero attached hydrogens (tertiary/aromatic N) is 1. The fourth-order valence-electron chi connectivity index (χ4n) is 2.53. The van der Waals surface area contributed by atoms with Crippen LogP contribution in [0, 0.1) is 19.9 Å². The molecule has 0 saturated carbocycles. The Kier molecular flexibility index (Phi) is 4.38. The number of hydrogen-bond acceptors (Lipinski definition) is 0. The SMILES string of the molecule is Cc1ccc2c(C)c3cc[c-]cc3[n+](C)c2c1.[Rb+]. The van der Waals surface area contributed by atoms with E-state index in [9.17, 15) is 0 Å². The maximum Gasteiger partial charge on any atom is 1.00 e. The van der Waals surface area contributed by atoms with Crippen molar-refractivity contribution >= 4 is 21.8 Å². The van der Waals surface area contributed by atoms with E-state index in [0.29, 0.717) is 0 Å². The Bertz CT molecular complexity index is 732. The molecular formula is C16H15NRb+. The summed E-state index contributed by atoms with van der Waals surface area (Å²) in [4.78, 5) is 0. The summed E-state index contributed by atoms with van der Waals surface area (Å²) >= 11 is 0. The summed E-state index contributed by atoms with van der Waals surface area (Å²) < 4.78 is 2.25. The van der Waals surface area contributed by atoms with Crippen LogP contribution in [-0.4, -0.2) is 0 Å². The summed E-state index contributed by atoms with van der Waals surface area (Å²) in [6, 6.07) is 16.0. The van der Waals surface area contributed by atoms with Crippen molar-refractivity contribution < 1.29 is 62.8 Å². The third-order valence-corrected chi connectivity index (χ3v) is 3.53. The smallest absolute Gasteiger partial charge is 0.248 e. The minimum Gasteiger partial charge on any atom is -0.248 e. The molecule has 3 rings (SSSR count). The summed E-state index contributed by atoms with van der Waals surface area (Å²) in [7, 11) is 2.12. The van der Waals surface area contributed by atoms with Crippen LogP contribution in [0.3, 0.4) is 0 Å². The molecule has 2 heteroatoms. The third kappa shape index (κ3) is 2.22. The normalized spacial score (nSPS) is 10.6. The van der Waals surface area contributed by atoms with Crippen molar-refractivity contribution in [3.8, 4) is 0 Å². The topological polar surface area (TPSA) is 3.88 Å². The van der Waals surface area contributed by atoms with Crippen LogP contribution in [0.1, 0.15) is 11.1 Å². The second-order valence-corrected chi connectivity index (χ2v) is 4.65. The molecule has 0 fully saturated rings. The first-order valence-electron chi connectivity index (χ1n) is 5.87. The van der Waals surface area contributed by atoms with Gasteiger partial charge in [0.1, 0.15) is 12.6 Å². The van der Waals surface area contributed by atoms with Gasteiger partial charge < -0.3 is 0 Å². The van der Waals surface area contributed by atoms with Gasteiger partial charge in [0.25, 0.3) is 0 Å². The quantitative estimate of drug-likeness (QED) is 0.318. The molecule has 1 aromatic heterocycles. The molecule has 2 aromatic carbocycles. The molecular weight excluding hydrogens is 292 g/mol. The number of pyridine rings is 1. The van der Waals surface area contributed by atoms with Crippen molar-refractivity contribution in [2.45, 2.75) is 13.8 Å². The number of aromatic nitrogens is 1. The van der Waals surface area contributed by atoms with Gasteiger partial charge in [0.2, 0.25) is 5.52 Å². The van der Waals surface area contributed by atoms with E-state index in [2.05, 4.69) is 61.9 Å². The molecule has 0 atom stereocenters. The summed E-state index contributed by atoms with van der Waals surface area (Å²) in [5.74, 6) is 0. The molecule has 0 spiro atoms. The summed E-state index contributed by atoms with van der Waals surface area (Å²) in [6.45, 7) is 4.33. The predicted octanol–water partition coefficient (Wildman–Crippen LogP) is 0.239. The van der Waals surface area contributed by atoms with Crippen LogP contribution in [0.5, 0.6) is 0 Å². The van der Waals surface area contributed by atoms with Crippen LogP contribution in [0.25, 0.3) is 21.8 Å². The number of fused-ring (bicyclic) bond motifs is 2. The van der Waals surface area contributed by atoms with E-state index in [1.807, 2.05) is 6.07 Å². The van der Waals surface area contributed by atoms with Gasteiger partial charge in [-0.2, -0.15) is 18.2 Å². The number of hydrogen-bond donors (Lipinski definition) is 0. The van der Waals surface area contributed by atoms with Gasteiger partial charge in [-0.1, -0.05) is 11.5 Å². The van der Waals surface area contributed by atoms with Crippen molar-refractivity contribution in [1.29, 1.82) is 0 Å². The molecule has 0 bridgehead atoms. The van der Waals surface area contributed by atoms with E-state index in [4.69, 9.17) is 0 Å². The molecule has 84 valence electrons. The zero-order valence-corrected chi connectivity index (χ0v) is 16.3. The maximum absolute atomic E-state index is 3.16. The number of aryl methyl sites for hydroxylation is 3. The summed E-state index contributed by atoms with van der Waals surface area (Å²) in [5.41, 5.74) is 5.17. The molecule has 0 aliphatic carbocycles. The molecule has 18 heavy (non-hydrogen) atoms. The Labute approximate surface area is 157 Å². The summed E-state index contributed by atoms with van der Waals surface area (Å²) in [5, 5.41) is 2.64. The van der Waals surface area contributed by atoms with Gasteiger partial charge in [-0.25, -0.2) is 4.57 Å². The number of benzene rings is 2. The van der Waals surface area contributed by atoms with Gasteiger partial charge in [0.05, 0.1) is 0 Å². The second-order valence-electron chi connectivity index (χ2n) is 4.65. The van der Waals surface area contributed by atoms with Crippen molar-refractivity contribution in [3.05, 3.63) is 53.6 Å². The Hall–Kier alpha value is -0.0848. The van der Waals surface area contributed by atoms with Crippen molar-refractivity contribution in [2.75, 3.05) is 0 Å². The standard InChI is InChI=1S/C16H15N.Rb/c1-11-8-9-14-12(2)13-6-4-5-7-15(13)17(3)16(14)10-11;/h4,6-10H,1-3H3;/q;+1. The minimum atomic E-state index is 0. The number of rotatable bonds is 0. The molecule has 0 amide bonds. The fraction of sp³-hybridized carbons (Fsp3) is 0.188. The van der Waals surface area contributed by atoms with Crippen molar-refractivity contribution in [3.63, 3.8) is 0 Å². The molecule has 3 aromatic rings. The fourth-order valence-corrected chi connectivity index (χ4v) is 2.53. The van der Waals surface area contributed by atoms with Crippen LogP contribution in [0.4, 0.5) is 0 Å². The van der Waals surface area contributed by atoms with Gasteiger partial charge in [-0.3, -0.25) is 0 Å². The molecule has 1 nitrogen and oxygen atoms in total. The van der Waals surface area contributed by atoms with Gasteiger partial charge in [0.15, 0.2) is 0 Å². The predicted molar refractivity (Wildman–Crippen MR) is 70.9 cm³/mol. The molecule has 0 saturated heterocycles. The first-order chi connectivity index (χ1) is 8.18. The molecule has 0 aliphatic heterocycles. The van der Waals surface area contributed by atoms with Crippen LogP contribution >= 0.6 is 0 Å². The second kappa shape index (κ2) is 5.50. The average Bonchev–Trinajstić information content (AvgIpc) is 2.36. The average molecular weight is 307 g/mol. The van der Waals surface area contributed by atoms with Crippen LogP contribution in [-0.2, 0) is 7.05 Å². The monoisotopic (exact) mass is 306 g/mol. The van der Waals surface area contributed by atoms with Crippen LogP contribution in [0.15, 0.2) is 36.4 Å². The van der Waals surface area contributed by atoms with E-state index in [1.165, 1.54) is 32.9 Å². The maximum atomic E-state index is 3.16. The van der Waals surface area contributed by atoms with Gasteiger partial charge >= 0.3 is 58.2 Å². The van der Waals surface area contributed by atoms with Crippen molar-refractivity contribution in [2.24, 2.45) is 7.05 Å². The zero-order chi connectivity index (χ0) is 12.0. The van der Waals surface area contributed by atoms with Gasteiger partial charge in [0, 0.05) is 11.5 Å². The van der Waals surface area contributed by atoms with E-state index in [-0.39, 0.29) is 58.2 Å². The summed E-state index contributed by atoms with van der Waals surface area (Å²) in [6.07, 6.45) is 0. The molecule has 1 heterocycles. The Balaban J connectivity index is 0.00000120. The van der Waals surface area contributed by atoms with Crippen LogP contribution in [0.2, 0.25) is 0 Å². The molecule has 0 aliphatic rings. The minimum absolute atomic E-state index is 0. The Morgan fingerprint density at radius 2 is 1.72 bits per heavy atom. The molecule has 0 radical (unpaired) electrons. The largest absolute Gasteiger partial charge is 1.00 e. The first kappa shape index (κ1) is 14.3. The molecule has 0 unspecified atom stereocenters. The van der Waals surface area contributed by atoms with Gasteiger partial charge in [-0.05, 0) is 31.0 Å². The first-order valence-corrected chi connectivity index (χ1v) is 5.87. The third-order valence-electron chi connectivity index (χ3n) is 3.53. The van der Waals surface area contributed by atoms with Crippen molar-refractivity contribution in [1.82, 2.24) is 0 Å². The van der Waals surface area contributed by atoms with E-state index in [0.717, 1.165) is 0 Å². The molecule has 0 N–H and O–H groups in total. The van der Waals surface area contributed by atoms with Gasteiger partial charge in [-0.15, -0.1) is 6.07 Å². The van der Waals surface area contributed by atoms with E-state index >= 15 is 0 Å². The van der Waals surface area contributed by atoms with E-state index < -0.39 is 0 Å². The Morgan fingerprint density at radius 3 is 2.50 bits per heavy atom. The van der Waals surface area contributed by atoms with Crippen LogP contribution < -0.4 is 62.8 Å². The Morgan fingerprint density at radius 1 is 1.00 bits per heavy atom.